The zero-order chi connectivity index (χ0) is 14.9. The summed E-state index contributed by atoms with van der Waals surface area (Å²) in [5.74, 6) is 0.959. The molecule has 0 aromatic heterocycles. The highest BCUT2D eigenvalue weighted by Gasteiger charge is 2.50. The molecule has 2 nitrogen and oxygen atoms in total. The Hall–Kier alpha value is -1.80. The van der Waals surface area contributed by atoms with Gasteiger partial charge in [0.25, 0.3) is 0 Å². The van der Waals surface area contributed by atoms with E-state index in [9.17, 15) is 0 Å². The lowest BCUT2D eigenvalue weighted by molar-refractivity contribution is -0.0557. The SMILES string of the molecule is CCC1(C)C(N)CC1Oc1ccccc1-c1ccccc1. The second kappa shape index (κ2) is 5.53. The minimum atomic E-state index is 0.0871. The highest BCUT2D eigenvalue weighted by Crippen LogP contribution is 2.46. The van der Waals surface area contributed by atoms with Crippen molar-refractivity contribution >= 4 is 0 Å². The highest BCUT2D eigenvalue weighted by atomic mass is 16.5. The predicted molar refractivity (Wildman–Crippen MR) is 87.3 cm³/mol. The molecule has 0 bridgehead atoms. The molecule has 3 unspecified atom stereocenters. The second-order valence-corrected chi connectivity index (χ2v) is 6.17. The van der Waals surface area contributed by atoms with Gasteiger partial charge in [-0.25, -0.2) is 0 Å². The van der Waals surface area contributed by atoms with Crippen LogP contribution in [0.15, 0.2) is 54.6 Å². The topological polar surface area (TPSA) is 35.2 Å². The van der Waals surface area contributed by atoms with Crippen molar-refractivity contribution in [1.29, 1.82) is 0 Å². The van der Waals surface area contributed by atoms with Gasteiger partial charge in [-0.2, -0.15) is 0 Å². The minimum Gasteiger partial charge on any atom is -0.489 e. The van der Waals surface area contributed by atoms with Crippen molar-refractivity contribution in [1.82, 2.24) is 0 Å². The van der Waals surface area contributed by atoms with Crippen LogP contribution in [0.2, 0.25) is 0 Å². The van der Waals surface area contributed by atoms with Crippen molar-refractivity contribution in [2.45, 2.75) is 38.8 Å². The molecule has 0 amide bonds. The first-order chi connectivity index (χ1) is 10.1. The number of hydrogen-bond acceptors (Lipinski definition) is 2. The number of para-hydroxylation sites is 1. The third-order valence-corrected chi connectivity index (χ3v) is 5.05. The Labute approximate surface area is 126 Å². The predicted octanol–water partition coefficient (Wildman–Crippen LogP) is 4.25. The smallest absolute Gasteiger partial charge is 0.127 e. The third-order valence-electron chi connectivity index (χ3n) is 5.05. The van der Waals surface area contributed by atoms with E-state index in [1.54, 1.807) is 0 Å². The molecule has 2 heteroatoms. The molecule has 2 aromatic rings. The van der Waals surface area contributed by atoms with Gasteiger partial charge in [0.15, 0.2) is 0 Å². The summed E-state index contributed by atoms with van der Waals surface area (Å²) in [6, 6.07) is 18.9. The summed E-state index contributed by atoms with van der Waals surface area (Å²) in [6.45, 7) is 4.43. The van der Waals surface area contributed by atoms with E-state index in [4.69, 9.17) is 10.5 Å². The van der Waals surface area contributed by atoms with Crippen molar-refractivity contribution in [2.24, 2.45) is 11.1 Å². The highest BCUT2D eigenvalue weighted by molar-refractivity contribution is 5.70. The summed E-state index contributed by atoms with van der Waals surface area (Å²) in [4.78, 5) is 0. The second-order valence-electron chi connectivity index (χ2n) is 6.17. The summed E-state index contributed by atoms with van der Waals surface area (Å²) in [7, 11) is 0. The number of benzene rings is 2. The van der Waals surface area contributed by atoms with Gasteiger partial charge < -0.3 is 10.5 Å². The van der Waals surface area contributed by atoms with Crippen LogP contribution in [-0.2, 0) is 0 Å². The molecule has 0 spiro atoms. The van der Waals surface area contributed by atoms with Crippen molar-refractivity contribution in [2.75, 3.05) is 0 Å². The fourth-order valence-corrected chi connectivity index (χ4v) is 3.10. The average molecular weight is 281 g/mol. The number of hydrogen-bond donors (Lipinski definition) is 1. The van der Waals surface area contributed by atoms with Crippen molar-refractivity contribution in [3.63, 3.8) is 0 Å². The number of ether oxygens (including phenoxy) is 1. The molecule has 110 valence electrons. The zero-order valence-electron chi connectivity index (χ0n) is 12.8. The van der Waals surface area contributed by atoms with Crippen LogP contribution in [0.3, 0.4) is 0 Å². The Kier molecular flexibility index (Phi) is 3.73. The normalized spacial score (nSPS) is 28.0. The summed E-state index contributed by atoms with van der Waals surface area (Å²) >= 11 is 0. The monoisotopic (exact) mass is 281 g/mol. The summed E-state index contributed by atoms with van der Waals surface area (Å²) < 4.78 is 6.33. The van der Waals surface area contributed by atoms with E-state index in [0.29, 0.717) is 0 Å². The summed E-state index contributed by atoms with van der Waals surface area (Å²) in [6.07, 6.45) is 2.20. The molecule has 0 saturated heterocycles. The number of rotatable bonds is 4. The molecule has 2 aromatic carbocycles. The largest absolute Gasteiger partial charge is 0.489 e. The van der Waals surface area contributed by atoms with Crippen LogP contribution in [0.4, 0.5) is 0 Å². The molecule has 21 heavy (non-hydrogen) atoms. The average Bonchev–Trinajstić information content (AvgIpc) is 2.55. The van der Waals surface area contributed by atoms with Gasteiger partial charge in [0.2, 0.25) is 0 Å². The van der Waals surface area contributed by atoms with E-state index in [1.807, 2.05) is 12.1 Å². The summed E-state index contributed by atoms with van der Waals surface area (Å²) in [5, 5.41) is 0. The van der Waals surface area contributed by atoms with Crippen molar-refractivity contribution in [3.05, 3.63) is 54.6 Å². The first kappa shape index (κ1) is 14.2. The molecule has 0 heterocycles. The van der Waals surface area contributed by atoms with Gasteiger partial charge in [0.1, 0.15) is 11.9 Å². The first-order valence-corrected chi connectivity index (χ1v) is 7.72. The molecule has 1 fully saturated rings. The van der Waals surface area contributed by atoms with Crippen molar-refractivity contribution < 1.29 is 4.74 Å². The Balaban J connectivity index is 1.88. The lowest BCUT2D eigenvalue weighted by Crippen LogP contribution is -2.61. The maximum absolute atomic E-state index is 6.33. The van der Waals surface area contributed by atoms with Gasteiger partial charge in [-0.3, -0.25) is 0 Å². The van der Waals surface area contributed by atoms with Gasteiger partial charge in [-0.15, -0.1) is 0 Å². The summed E-state index contributed by atoms with van der Waals surface area (Å²) in [5.41, 5.74) is 8.61. The maximum Gasteiger partial charge on any atom is 0.127 e. The molecule has 0 radical (unpaired) electrons. The first-order valence-electron chi connectivity index (χ1n) is 7.72. The maximum atomic E-state index is 6.33. The van der Waals surface area contributed by atoms with Crippen LogP contribution in [0.5, 0.6) is 5.75 Å². The van der Waals surface area contributed by atoms with Gasteiger partial charge in [0.05, 0.1) is 0 Å². The number of nitrogens with two attached hydrogens (primary N) is 1. The Morgan fingerprint density at radius 2 is 1.76 bits per heavy atom. The molecule has 0 aliphatic heterocycles. The molecule has 3 atom stereocenters. The Morgan fingerprint density at radius 1 is 1.10 bits per heavy atom. The van der Waals surface area contributed by atoms with E-state index in [-0.39, 0.29) is 17.6 Å². The van der Waals surface area contributed by atoms with E-state index in [0.717, 1.165) is 24.2 Å². The van der Waals surface area contributed by atoms with Crippen LogP contribution in [0, 0.1) is 5.41 Å². The molecule has 1 aliphatic carbocycles. The lowest BCUT2D eigenvalue weighted by Gasteiger charge is -2.51. The van der Waals surface area contributed by atoms with E-state index < -0.39 is 0 Å². The van der Waals surface area contributed by atoms with E-state index >= 15 is 0 Å². The van der Waals surface area contributed by atoms with E-state index in [1.165, 1.54) is 5.56 Å². The van der Waals surface area contributed by atoms with Gasteiger partial charge in [0, 0.05) is 23.4 Å². The molecule has 1 saturated carbocycles. The van der Waals surface area contributed by atoms with Crippen LogP contribution in [-0.4, -0.2) is 12.1 Å². The molecule has 2 N–H and O–H groups in total. The lowest BCUT2D eigenvalue weighted by atomic mass is 9.62. The molecule has 3 rings (SSSR count). The third kappa shape index (κ3) is 2.44. The van der Waals surface area contributed by atoms with Gasteiger partial charge in [-0.1, -0.05) is 62.4 Å². The minimum absolute atomic E-state index is 0.0871. The standard InChI is InChI=1S/C19H23NO/c1-3-19(2)17(20)13-18(19)21-16-12-8-7-11-15(16)14-9-5-4-6-10-14/h4-12,17-18H,3,13,20H2,1-2H3. The fraction of sp³-hybridized carbons (Fsp3) is 0.368. The zero-order valence-corrected chi connectivity index (χ0v) is 12.8. The Bertz CT molecular complexity index is 610. The van der Waals surface area contributed by atoms with Crippen molar-refractivity contribution in [3.8, 4) is 16.9 Å². The van der Waals surface area contributed by atoms with Crippen LogP contribution in [0.25, 0.3) is 11.1 Å². The Morgan fingerprint density at radius 3 is 2.43 bits per heavy atom. The van der Waals surface area contributed by atoms with E-state index in [2.05, 4.69) is 56.3 Å². The van der Waals surface area contributed by atoms with Gasteiger partial charge >= 0.3 is 0 Å². The van der Waals surface area contributed by atoms with Gasteiger partial charge in [-0.05, 0) is 18.1 Å². The fourth-order valence-electron chi connectivity index (χ4n) is 3.10. The molecule has 1 aliphatic rings. The van der Waals surface area contributed by atoms with Crippen LogP contribution < -0.4 is 10.5 Å². The molecular weight excluding hydrogens is 258 g/mol. The van der Waals surface area contributed by atoms with Crippen LogP contribution >= 0.6 is 0 Å². The molecular formula is C19H23NO. The van der Waals surface area contributed by atoms with Crippen LogP contribution in [0.1, 0.15) is 26.7 Å². The quantitative estimate of drug-likeness (QED) is 0.909.